The van der Waals surface area contributed by atoms with Crippen molar-refractivity contribution in [3.8, 4) is 5.75 Å². The van der Waals surface area contributed by atoms with E-state index in [2.05, 4.69) is 0 Å². The molecule has 1 atom stereocenters. The molecule has 4 heteroatoms. The number of hydrogen-bond acceptors (Lipinski definition) is 4. The lowest BCUT2D eigenvalue weighted by Gasteiger charge is -2.10. The molecule has 0 aromatic heterocycles. The summed E-state index contributed by atoms with van der Waals surface area (Å²) < 4.78 is 15.1. The number of benzene rings is 1. The van der Waals surface area contributed by atoms with Crippen LogP contribution in [0, 0.1) is 0 Å². The van der Waals surface area contributed by atoms with Crippen molar-refractivity contribution in [1.29, 1.82) is 0 Å². The van der Waals surface area contributed by atoms with E-state index in [1.54, 1.807) is 26.2 Å². The zero-order valence-electron chi connectivity index (χ0n) is 9.51. The SMILES string of the molecule is COC(C)OCCC(=O)Oc1ccccc1. The molecule has 1 unspecified atom stereocenters. The molecule has 0 aliphatic heterocycles. The van der Waals surface area contributed by atoms with Crippen LogP contribution in [-0.2, 0) is 14.3 Å². The molecule has 1 aromatic rings. The molecule has 0 radical (unpaired) electrons. The van der Waals surface area contributed by atoms with Crippen molar-refractivity contribution in [2.45, 2.75) is 19.6 Å². The van der Waals surface area contributed by atoms with E-state index in [0.29, 0.717) is 12.4 Å². The van der Waals surface area contributed by atoms with E-state index in [1.165, 1.54) is 0 Å². The smallest absolute Gasteiger partial charge is 0.313 e. The van der Waals surface area contributed by atoms with Crippen molar-refractivity contribution in [3.63, 3.8) is 0 Å². The molecule has 0 saturated heterocycles. The van der Waals surface area contributed by atoms with E-state index >= 15 is 0 Å². The van der Waals surface area contributed by atoms with Crippen LogP contribution in [0.5, 0.6) is 5.75 Å². The number of para-hydroxylation sites is 1. The van der Waals surface area contributed by atoms with Crippen LogP contribution in [0.2, 0.25) is 0 Å². The second kappa shape index (κ2) is 6.98. The van der Waals surface area contributed by atoms with E-state index in [0.717, 1.165) is 0 Å². The van der Waals surface area contributed by atoms with Crippen molar-refractivity contribution in [1.82, 2.24) is 0 Å². The highest BCUT2D eigenvalue weighted by atomic mass is 16.7. The average Bonchev–Trinajstić information content (AvgIpc) is 2.30. The third kappa shape index (κ3) is 4.91. The number of methoxy groups -OCH3 is 1. The highest BCUT2D eigenvalue weighted by molar-refractivity contribution is 5.72. The standard InChI is InChI=1S/C12H16O4/c1-10(14-2)15-9-8-12(13)16-11-6-4-3-5-7-11/h3-7,10H,8-9H2,1-2H3. The van der Waals surface area contributed by atoms with Gasteiger partial charge in [0.2, 0.25) is 0 Å². The van der Waals surface area contributed by atoms with Gasteiger partial charge < -0.3 is 14.2 Å². The second-order valence-electron chi connectivity index (χ2n) is 3.21. The Kier molecular flexibility index (Phi) is 5.53. The summed E-state index contributed by atoms with van der Waals surface area (Å²) in [5.41, 5.74) is 0. The van der Waals surface area contributed by atoms with E-state index in [4.69, 9.17) is 14.2 Å². The van der Waals surface area contributed by atoms with Gasteiger partial charge in [-0.3, -0.25) is 4.79 Å². The summed E-state index contributed by atoms with van der Waals surface area (Å²) in [4.78, 5) is 11.3. The molecule has 88 valence electrons. The van der Waals surface area contributed by atoms with Gasteiger partial charge in [-0.15, -0.1) is 0 Å². The number of ether oxygens (including phenoxy) is 3. The lowest BCUT2D eigenvalue weighted by atomic mass is 10.3. The molecule has 0 bridgehead atoms. The predicted octanol–water partition coefficient (Wildman–Crippen LogP) is 1.99. The van der Waals surface area contributed by atoms with Crippen LogP contribution in [0.25, 0.3) is 0 Å². The highest BCUT2D eigenvalue weighted by Gasteiger charge is 2.06. The predicted molar refractivity (Wildman–Crippen MR) is 59.1 cm³/mol. The average molecular weight is 224 g/mol. The van der Waals surface area contributed by atoms with Gasteiger partial charge in [0, 0.05) is 7.11 Å². The molecule has 0 amide bonds. The zero-order chi connectivity index (χ0) is 11.8. The van der Waals surface area contributed by atoms with Gasteiger partial charge in [0.1, 0.15) is 5.75 Å². The molecule has 0 N–H and O–H groups in total. The van der Waals surface area contributed by atoms with Gasteiger partial charge in [-0.05, 0) is 19.1 Å². The van der Waals surface area contributed by atoms with E-state index in [-0.39, 0.29) is 18.7 Å². The molecule has 0 fully saturated rings. The van der Waals surface area contributed by atoms with Crippen molar-refractivity contribution in [2.24, 2.45) is 0 Å². The molecule has 0 saturated carbocycles. The van der Waals surface area contributed by atoms with Gasteiger partial charge in [-0.1, -0.05) is 18.2 Å². The van der Waals surface area contributed by atoms with Gasteiger partial charge in [0.25, 0.3) is 0 Å². The van der Waals surface area contributed by atoms with Crippen molar-refractivity contribution in [3.05, 3.63) is 30.3 Å². The first-order valence-electron chi connectivity index (χ1n) is 5.12. The Morgan fingerprint density at radius 3 is 2.62 bits per heavy atom. The Balaban J connectivity index is 2.21. The van der Waals surface area contributed by atoms with E-state index in [1.807, 2.05) is 18.2 Å². The summed E-state index contributed by atoms with van der Waals surface area (Å²) in [7, 11) is 1.55. The van der Waals surface area contributed by atoms with Gasteiger partial charge in [0.15, 0.2) is 6.29 Å². The molecule has 0 spiro atoms. The highest BCUT2D eigenvalue weighted by Crippen LogP contribution is 2.09. The largest absolute Gasteiger partial charge is 0.426 e. The first kappa shape index (κ1) is 12.7. The minimum Gasteiger partial charge on any atom is -0.426 e. The summed E-state index contributed by atoms with van der Waals surface area (Å²) in [5, 5.41) is 0. The lowest BCUT2D eigenvalue weighted by molar-refractivity contribution is -0.141. The Labute approximate surface area is 95.1 Å². The molecule has 16 heavy (non-hydrogen) atoms. The minimum atomic E-state index is -0.311. The fourth-order valence-electron chi connectivity index (χ4n) is 1.05. The minimum absolute atomic E-state index is 0.211. The number of carbonyl (C=O) groups is 1. The quantitative estimate of drug-likeness (QED) is 0.421. The normalized spacial score (nSPS) is 12.1. The van der Waals surface area contributed by atoms with Crippen molar-refractivity contribution < 1.29 is 19.0 Å². The van der Waals surface area contributed by atoms with Crippen LogP contribution >= 0.6 is 0 Å². The van der Waals surface area contributed by atoms with Crippen LogP contribution < -0.4 is 4.74 Å². The number of rotatable bonds is 6. The molecule has 1 rings (SSSR count). The van der Waals surface area contributed by atoms with Gasteiger partial charge >= 0.3 is 5.97 Å². The maximum Gasteiger partial charge on any atom is 0.313 e. The summed E-state index contributed by atoms with van der Waals surface area (Å²) in [6.45, 7) is 2.06. The third-order valence-electron chi connectivity index (χ3n) is 1.97. The molecule has 4 nitrogen and oxygen atoms in total. The lowest BCUT2D eigenvalue weighted by Crippen LogP contribution is -2.16. The van der Waals surface area contributed by atoms with Crippen LogP contribution in [0.4, 0.5) is 0 Å². The maximum atomic E-state index is 11.3. The Bertz CT molecular complexity index is 310. The monoisotopic (exact) mass is 224 g/mol. The van der Waals surface area contributed by atoms with Crippen LogP contribution in [0.15, 0.2) is 30.3 Å². The summed E-state index contributed by atoms with van der Waals surface area (Å²) in [5.74, 6) is 0.238. The topological polar surface area (TPSA) is 44.8 Å². The maximum absolute atomic E-state index is 11.3. The zero-order valence-corrected chi connectivity index (χ0v) is 9.51. The van der Waals surface area contributed by atoms with Crippen molar-refractivity contribution >= 4 is 5.97 Å². The Hall–Kier alpha value is -1.39. The van der Waals surface area contributed by atoms with Gasteiger partial charge in [-0.25, -0.2) is 0 Å². The molecule has 0 heterocycles. The summed E-state index contributed by atoms with van der Waals surface area (Å²) in [6.07, 6.45) is -0.0905. The molecule has 1 aromatic carbocycles. The first-order chi connectivity index (χ1) is 7.72. The number of hydrogen-bond donors (Lipinski definition) is 0. The second-order valence-corrected chi connectivity index (χ2v) is 3.21. The van der Waals surface area contributed by atoms with Crippen LogP contribution in [-0.4, -0.2) is 26.0 Å². The van der Waals surface area contributed by atoms with Gasteiger partial charge in [0.05, 0.1) is 13.0 Å². The van der Waals surface area contributed by atoms with Crippen molar-refractivity contribution in [2.75, 3.05) is 13.7 Å². The Morgan fingerprint density at radius 1 is 1.31 bits per heavy atom. The Morgan fingerprint density at radius 2 is 2.00 bits per heavy atom. The fraction of sp³-hybridized carbons (Fsp3) is 0.417. The molecular formula is C12H16O4. The fourth-order valence-corrected chi connectivity index (χ4v) is 1.05. The number of esters is 1. The molecule has 0 aliphatic carbocycles. The van der Waals surface area contributed by atoms with Gasteiger partial charge in [-0.2, -0.15) is 0 Å². The third-order valence-corrected chi connectivity index (χ3v) is 1.97. The first-order valence-corrected chi connectivity index (χ1v) is 5.12. The van der Waals surface area contributed by atoms with E-state index in [9.17, 15) is 4.79 Å². The van der Waals surface area contributed by atoms with E-state index < -0.39 is 0 Å². The summed E-state index contributed by atoms with van der Waals surface area (Å²) >= 11 is 0. The molecule has 0 aliphatic rings. The van der Waals surface area contributed by atoms with Crippen LogP contribution in [0.1, 0.15) is 13.3 Å². The van der Waals surface area contributed by atoms with Crippen LogP contribution in [0.3, 0.4) is 0 Å². The summed E-state index contributed by atoms with van der Waals surface area (Å²) in [6, 6.07) is 8.95. The molecular weight excluding hydrogens is 208 g/mol. The number of carbonyl (C=O) groups excluding carboxylic acids is 1.